The van der Waals surface area contributed by atoms with Gasteiger partial charge in [-0.25, -0.2) is 9.79 Å². The molecule has 0 spiro atoms. The highest BCUT2D eigenvalue weighted by molar-refractivity contribution is 14.0. The summed E-state index contributed by atoms with van der Waals surface area (Å²) in [5.74, 6) is 1.24. The second-order valence-corrected chi connectivity index (χ2v) is 9.06. The molecule has 2 rings (SSSR count). The van der Waals surface area contributed by atoms with Gasteiger partial charge in [-0.1, -0.05) is 30.3 Å². The predicted molar refractivity (Wildman–Crippen MR) is 143 cm³/mol. The van der Waals surface area contributed by atoms with Crippen LogP contribution in [0, 0.1) is 5.92 Å². The van der Waals surface area contributed by atoms with E-state index in [0.29, 0.717) is 31.5 Å². The molecule has 0 radical (unpaired) electrons. The molecule has 9 heteroatoms. The van der Waals surface area contributed by atoms with E-state index in [-0.39, 0.29) is 36.4 Å². The van der Waals surface area contributed by atoms with Crippen molar-refractivity contribution in [3.63, 3.8) is 0 Å². The van der Waals surface area contributed by atoms with Crippen LogP contribution in [0.3, 0.4) is 0 Å². The van der Waals surface area contributed by atoms with Gasteiger partial charge >= 0.3 is 6.09 Å². The van der Waals surface area contributed by atoms with Crippen LogP contribution in [-0.2, 0) is 16.0 Å². The molecule has 8 nitrogen and oxygen atoms in total. The Hall–Kier alpha value is -2.04. The Morgan fingerprint density at radius 3 is 2.30 bits per heavy atom. The van der Waals surface area contributed by atoms with E-state index in [1.54, 1.807) is 0 Å². The van der Waals surface area contributed by atoms with Crippen molar-refractivity contribution in [1.29, 1.82) is 0 Å². The molecule has 0 saturated carbocycles. The summed E-state index contributed by atoms with van der Waals surface area (Å²) in [4.78, 5) is 30.6. The molecule has 0 atom stereocenters. The number of piperidine rings is 1. The number of hydrogen-bond donors (Lipinski definition) is 3. The molecule has 186 valence electrons. The lowest BCUT2D eigenvalue weighted by atomic mass is 9.90. The maximum absolute atomic E-state index is 12.6. The number of guanidine groups is 1. The van der Waals surface area contributed by atoms with Gasteiger partial charge in [0.05, 0.1) is 0 Å². The molecule has 0 bridgehead atoms. The van der Waals surface area contributed by atoms with Crippen molar-refractivity contribution in [1.82, 2.24) is 20.9 Å². The van der Waals surface area contributed by atoms with Gasteiger partial charge in [0.25, 0.3) is 0 Å². The third kappa shape index (κ3) is 12.1. The second-order valence-electron chi connectivity index (χ2n) is 9.06. The van der Waals surface area contributed by atoms with Crippen LogP contribution in [0.2, 0.25) is 0 Å². The fourth-order valence-electron chi connectivity index (χ4n) is 3.58. The molecule has 0 unspecified atom stereocenters. The van der Waals surface area contributed by atoms with Gasteiger partial charge in [0.1, 0.15) is 12.1 Å². The van der Waals surface area contributed by atoms with Crippen LogP contribution in [0.15, 0.2) is 35.3 Å². The molecule has 1 heterocycles. The molecule has 33 heavy (non-hydrogen) atoms. The smallest absolute Gasteiger partial charge is 0.407 e. The molecule has 0 aromatic heterocycles. The van der Waals surface area contributed by atoms with E-state index in [0.717, 1.165) is 32.4 Å². The lowest BCUT2D eigenvalue weighted by Gasteiger charge is -2.32. The van der Waals surface area contributed by atoms with E-state index in [2.05, 4.69) is 45.2 Å². The molecule has 1 fully saturated rings. The van der Waals surface area contributed by atoms with Crippen molar-refractivity contribution >= 4 is 41.9 Å². The Labute approximate surface area is 215 Å². The summed E-state index contributed by atoms with van der Waals surface area (Å²) in [6, 6.07) is 10.5. The minimum atomic E-state index is -0.524. The summed E-state index contributed by atoms with van der Waals surface area (Å²) in [6.07, 6.45) is 2.68. The van der Waals surface area contributed by atoms with Crippen LogP contribution in [0.25, 0.3) is 0 Å². The van der Waals surface area contributed by atoms with Crippen LogP contribution in [0.4, 0.5) is 4.79 Å². The third-order valence-electron chi connectivity index (χ3n) is 5.14. The fourth-order valence-corrected chi connectivity index (χ4v) is 3.58. The van der Waals surface area contributed by atoms with Gasteiger partial charge < -0.3 is 25.6 Å². The number of rotatable bonds is 8. The van der Waals surface area contributed by atoms with Gasteiger partial charge in [0.2, 0.25) is 5.91 Å². The zero-order valence-electron chi connectivity index (χ0n) is 20.4. The largest absolute Gasteiger partial charge is 0.444 e. The van der Waals surface area contributed by atoms with Crippen LogP contribution >= 0.6 is 24.0 Å². The Bertz CT molecular complexity index is 744. The zero-order chi connectivity index (χ0) is 23.4. The van der Waals surface area contributed by atoms with Crippen LogP contribution in [-0.4, -0.2) is 67.7 Å². The number of benzene rings is 1. The molecule has 1 aliphatic rings. The maximum Gasteiger partial charge on any atom is 0.407 e. The monoisotopic (exact) mass is 573 g/mol. The summed E-state index contributed by atoms with van der Waals surface area (Å²) in [5.41, 5.74) is 0.842. The van der Waals surface area contributed by atoms with E-state index >= 15 is 0 Å². The molecule has 1 saturated heterocycles. The number of halogens is 1. The van der Waals surface area contributed by atoms with E-state index in [4.69, 9.17) is 4.74 Å². The Morgan fingerprint density at radius 1 is 1.06 bits per heavy atom. The number of alkyl carbamates (subject to hydrolysis) is 1. The molecular formula is C24H40IN5O3. The number of carbonyl (C=O) groups is 2. The van der Waals surface area contributed by atoms with E-state index in [1.165, 1.54) is 5.56 Å². The summed E-state index contributed by atoms with van der Waals surface area (Å²) >= 11 is 0. The molecule has 1 aromatic rings. The summed E-state index contributed by atoms with van der Waals surface area (Å²) < 4.78 is 5.21. The highest BCUT2D eigenvalue weighted by Crippen LogP contribution is 2.21. The Balaban J connectivity index is 0.00000544. The minimum Gasteiger partial charge on any atom is -0.444 e. The van der Waals surface area contributed by atoms with Gasteiger partial charge in [-0.05, 0) is 58.4 Å². The quantitative estimate of drug-likeness (QED) is 0.192. The van der Waals surface area contributed by atoms with Crippen molar-refractivity contribution in [3.8, 4) is 0 Å². The minimum absolute atomic E-state index is 0. The second kappa shape index (κ2) is 15.0. The molecule has 1 aliphatic heterocycles. The first-order valence-corrected chi connectivity index (χ1v) is 11.6. The van der Waals surface area contributed by atoms with Crippen molar-refractivity contribution in [2.45, 2.75) is 52.6 Å². The molecule has 1 aromatic carbocycles. The topological polar surface area (TPSA) is 95.1 Å². The maximum atomic E-state index is 12.6. The lowest BCUT2D eigenvalue weighted by molar-refractivity contribution is -0.130. The summed E-state index contributed by atoms with van der Waals surface area (Å²) in [6.45, 7) is 10.7. The Morgan fingerprint density at radius 2 is 1.70 bits per heavy atom. The fraction of sp³-hybridized carbons (Fsp3) is 0.625. The number of carbonyl (C=O) groups excluding carboxylic acids is 2. The number of hydrogen-bond acceptors (Lipinski definition) is 4. The zero-order valence-corrected chi connectivity index (χ0v) is 22.7. The highest BCUT2D eigenvalue weighted by Gasteiger charge is 2.22. The van der Waals surface area contributed by atoms with Gasteiger partial charge in [0.15, 0.2) is 5.96 Å². The number of nitrogens with one attached hydrogen (secondary N) is 3. The highest BCUT2D eigenvalue weighted by atomic mass is 127. The average molecular weight is 574 g/mol. The van der Waals surface area contributed by atoms with Gasteiger partial charge in [-0.3, -0.25) is 4.79 Å². The van der Waals surface area contributed by atoms with E-state index < -0.39 is 11.7 Å². The number of aliphatic imine (C=N–C) groups is 1. The number of amides is 2. The molecule has 2 amide bonds. The van der Waals surface area contributed by atoms with Crippen molar-refractivity contribution in [2.75, 3.05) is 39.3 Å². The van der Waals surface area contributed by atoms with Gasteiger partial charge in [-0.2, -0.15) is 0 Å². The number of likely N-dealkylation sites (tertiary alicyclic amines) is 1. The first-order valence-electron chi connectivity index (χ1n) is 11.6. The average Bonchev–Trinajstić information content (AvgIpc) is 2.74. The van der Waals surface area contributed by atoms with Crippen molar-refractivity contribution in [2.24, 2.45) is 10.9 Å². The summed E-state index contributed by atoms with van der Waals surface area (Å²) in [5, 5.41) is 8.95. The van der Waals surface area contributed by atoms with Crippen molar-refractivity contribution < 1.29 is 14.3 Å². The molecule has 3 N–H and O–H groups in total. The Kier molecular flexibility index (Phi) is 13.2. The third-order valence-corrected chi connectivity index (χ3v) is 5.14. The number of ether oxygens (including phenoxy) is 1. The van der Waals surface area contributed by atoms with Crippen LogP contribution < -0.4 is 16.0 Å². The van der Waals surface area contributed by atoms with E-state index in [9.17, 15) is 9.59 Å². The lowest BCUT2D eigenvalue weighted by Crippen LogP contribution is -2.44. The first kappa shape index (κ1) is 29.0. The predicted octanol–water partition coefficient (Wildman–Crippen LogP) is 3.17. The van der Waals surface area contributed by atoms with E-state index in [1.807, 2.05) is 38.7 Å². The van der Waals surface area contributed by atoms with Crippen molar-refractivity contribution in [3.05, 3.63) is 35.9 Å². The first-order chi connectivity index (χ1) is 15.3. The standard InChI is InChI=1S/C24H39N5O3.HI/c1-5-25-22(26-13-14-27-23(31)32-24(2,3)4)28-18-21(30)29-15-11-20(12-16-29)17-19-9-7-6-8-10-19;/h6-10,20H,5,11-18H2,1-4H3,(H,27,31)(H2,25,26,28);1H. The van der Waals surface area contributed by atoms with Crippen LogP contribution in [0.5, 0.6) is 0 Å². The summed E-state index contributed by atoms with van der Waals surface area (Å²) in [7, 11) is 0. The van der Waals surface area contributed by atoms with Gasteiger partial charge in [0, 0.05) is 32.7 Å². The normalized spacial score (nSPS) is 14.8. The van der Waals surface area contributed by atoms with Gasteiger partial charge in [-0.15, -0.1) is 24.0 Å². The number of nitrogens with zero attached hydrogens (tertiary/aromatic N) is 2. The van der Waals surface area contributed by atoms with Crippen LogP contribution in [0.1, 0.15) is 46.1 Å². The SMILES string of the molecule is CCNC(=NCC(=O)N1CCC(Cc2ccccc2)CC1)NCCNC(=O)OC(C)(C)C.I. The molecule has 0 aliphatic carbocycles. The molecular weight excluding hydrogens is 533 g/mol.